The smallest absolute Gasteiger partial charge is 0.407 e. The molecule has 19 heteroatoms. The first kappa shape index (κ1) is 49.8. The number of hydrogen-bond acceptors (Lipinski definition) is 12. The van der Waals surface area contributed by atoms with Gasteiger partial charge in [-0.3, -0.25) is 33.9 Å². The number of ether oxygens (including phenoxy) is 2. The van der Waals surface area contributed by atoms with Gasteiger partial charge in [-0.25, -0.2) is 18.4 Å². The van der Waals surface area contributed by atoms with Crippen LogP contribution in [0.4, 0.5) is 19.4 Å². The number of aryl methyl sites for hydroxylation is 2. The highest BCUT2D eigenvalue weighted by Crippen LogP contribution is 2.45. The Morgan fingerprint density at radius 2 is 1.80 bits per heavy atom. The van der Waals surface area contributed by atoms with Crippen molar-refractivity contribution in [3.8, 4) is 29.6 Å². The molecule has 6 aliphatic rings. The molecule has 3 aromatic heterocycles. The normalized spacial score (nSPS) is 25.7. The van der Waals surface area contributed by atoms with Crippen LogP contribution in [0.25, 0.3) is 44.0 Å². The highest BCUT2D eigenvalue weighted by molar-refractivity contribution is 6.02. The third-order valence-corrected chi connectivity index (χ3v) is 17.4. The van der Waals surface area contributed by atoms with E-state index < -0.39 is 29.7 Å². The molecule has 2 bridgehead atoms. The van der Waals surface area contributed by atoms with Crippen LogP contribution in [-0.2, 0) is 27.8 Å². The van der Waals surface area contributed by atoms with Gasteiger partial charge in [-0.1, -0.05) is 36.3 Å². The lowest BCUT2D eigenvalue weighted by Gasteiger charge is -2.41. The Kier molecular flexibility index (Phi) is 13.2. The first-order valence-corrected chi connectivity index (χ1v) is 27.0. The van der Waals surface area contributed by atoms with Gasteiger partial charge in [0.15, 0.2) is 5.82 Å². The lowest BCUT2D eigenvalue weighted by molar-refractivity contribution is -0.135. The average Bonchev–Trinajstić information content (AvgIpc) is 4.16. The second-order valence-electron chi connectivity index (χ2n) is 21.9. The number of fused-ring (bicyclic) bond motifs is 6. The van der Waals surface area contributed by atoms with E-state index in [0.717, 1.165) is 75.4 Å². The molecule has 0 radical (unpaired) electrons. The Morgan fingerprint density at radius 3 is 2.61 bits per heavy atom. The summed E-state index contributed by atoms with van der Waals surface area (Å²) in [5.74, 6) is 0.992. The quantitative estimate of drug-likeness (QED) is 0.0576. The number of halogens is 2. The monoisotopic (exact) mass is 1040 g/mol. The number of rotatable bonds is 14. The molecule has 5 unspecified atom stereocenters. The van der Waals surface area contributed by atoms with Gasteiger partial charge in [0, 0.05) is 81.0 Å². The fourth-order valence-corrected chi connectivity index (χ4v) is 13.7. The molecular formula is C57H62F2N10O7. The van der Waals surface area contributed by atoms with Crippen LogP contribution in [0.1, 0.15) is 101 Å². The van der Waals surface area contributed by atoms with Crippen LogP contribution < -0.4 is 26.0 Å². The van der Waals surface area contributed by atoms with Crippen molar-refractivity contribution in [2.75, 3.05) is 44.3 Å². The van der Waals surface area contributed by atoms with E-state index in [-0.39, 0.29) is 89.6 Å². The molecule has 6 aromatic rings. The molecule has 0 spiro atoms. The maximum absolute atomic E-state index is 17.3. The number of piperidine rings is 2. The van der Waals surface area contributed by atoms with Crippen LogP contribution in [0.2, 0.25) is 0 Å². The number of anilines is 1. The Labute approximate surface area is 437 Å². The van der Waals surface area contributed by atoms with Crippen molar-refractivity contribution in [2.45, 2.75) is 132 Å². The van der Waals surface area contributed by atoms with Crippen LogP contribution in [0.3, 0.4) is 0 Å². The fraction of sp³-hybridized carbons (Fsp3) is 0.491. The van der Waals surface area contributed by atoms with Crippen LogP contribution in [0.5, 0.6) is 6.01 Å². The summed E-state index contributed by atoms with van der Waals surface area (Å²) in [5, 5.41) is 17.9. The summed E-state index contributed by atoms with van der Waals surface area (Å²) in [5.41, 5.74) is 2.30. The molecule has 17 nitrogen and oxygen atoms in total. The summed E-state index contributed by atoms with van der Waals surface area (Å²) in [6, 6.07) is 13.9. The number of aromatic nitrogens is 5. The van der Waals surface area contributed by atoms with E-state index in [1.165, 1.54) is 10.6 Å². The van der Waals surface area contributed by atoms with Crippen molar-refractivity contribution < 1.29 is 37.7 Å². The predicted octanol–water partition coefficient (Wildman–Crippen LogP) is 6.99. The van der Waals surface area contributed by atoms with Crippen molar-refractivity contribution in [3.05, 3.63) is 88.0 Å². The van der Waals surface area contributed by atoms with E-state index in [1.807, 2.05) is 24.3 Å². The van der Waals surface area contributed by atoms with Gasteiger partial charge in [0.1, 0.15) is 35.5 Å². The molecule has 6 aliphatic heterocycles. The summed E-state index contributed by atoms with van der Waals surface area (Å²) < 4.78 is 48.5. The first-order chi connectivity index (χ1) is 36.9. The van der Waals surface area contributed by atoms with E-state index in [0.29, 0.717) is 78.6 Å². The number of imide groups is 1. The number of pyridine rings is 1. The molecule has 3 amide bonds. The van der Waals surface area contributed by atoms with E-state index in [2.05, 4.69) is 31.3 Å². The molecule has 3 N–H and O–H groups in total. The third-order valence-electron chi connectivity index (χ3n) is 17.4. The molecule has 0 aliphatic carbocycles. The highest BCUT2D eigenvalue weighted by Gasteiger charge is 2.51. The van der Waals surface area contributed by atoms with Crippen molar-refractivity contribution in [3.63, 3.8) is 0 Å². The van der Waals surface area contributed by atoms with E-state index in [9.17, 15) is 24.3 Å². The molecule has 12 rings (SSSR count). The van der Waals surface area contributed by atoms with Crippen molar-refractivity contribution in [2.24, 2.45) is 7.05 Å². The Morgan fingerprint density at radius 1 is 0.961 bits per heavy atom. The lowest BCUT2D eigenvalue weighted by Crippen LogP contribution is -2.52. The standard InChI is InChI=1S/C57H62F2N10O7/c1-3-40-43(58)15-12-34-9-6-10-41(48(34)40)50-49(59)51-42(29-60-50)52(66-30-35-13-14-36(31-66)61-35)64-54(63-51)76-32-57-21-7-23-68(57)37(19-22-57)27-38-28-39(20-24-67(38)56(73)74)75-25-5-4-8-33-11-16-44-46(26-33)65(2)55(72)69(44)45-17-18-47(70)62-53(45)71/h1,6,9-12,15-16,26,29,35-39,45,61H,4-5,7-8,13-14,17-25,27-28,30-32H2,2H3,(H,73,74)(H,62,70,71)/t35?,36?,37-,38?,39?,45?,57-/m0/s1. The van der Waals surface area contributed by atoms with Gasteiger partial charge >= 0.3 is 17.8 Å². The highest BCUT2D eigenvalue weighted by atomic mass is 19.1. The molecule has 9 heterocycles. The Balaban J connectivity index is 0.717. The van der Waals surface area contributed by atoms with Gasteiger partial charge in [0.05, 0.1) is 33.6 Å². The topological polar surface area (TPSA) is 189 Å². The minimum Gasteiger partial charge on any atom is -0.465 e. The van der Waals surface area contributed by atoms with Gasteiger partial charge in [0.25, 0.3) is 0 Å². The minimum absolute atomic E-state index is 0.00424. The van der Waals surface area contributed by atoms with E-state index in [4.69, 9.17) is 25.9 Å². The number of nitrogens with zero attached hydrogens (tertiary/aromatic N) is 8. The second kappa shape index (κ2) is 20.2. The van der Waals surface area contributed by atoms with E-state index >= 15 is 8.78 Å². The van der Waals surface area contributed by atoms with Crippen molar-refractivity contribution in [1.82, 2.24) is 44.5 Å². The molecule has 396 valence electrons. The summed E-state index contributed by atoms with van der Waals surface area (Å²) in [6.45, 7) is 3.46. The van der Waals surface area contributed by atoms with Gasteiger partial charge < -0.3 is 29.7 Å². The zero-order chi connectivity index (χ0) is 52.4. The molecule has 6 saturated heterocycles. The SMILES string of the molecule is C#Cc1c(F)ccc2cccc(-c3ncc4c(N5CC6CCC(C5)N6)nc(OC[C@@]56CCCN5[C@H](CC5CC(OCCCCc7ccc8c(c7)n(C)c(=O)n8C7CCC(=O)NC7=O)CCN5C(=O)O)CC6)nc4c3F)c12. The van der Waals surface area contributed by atoms with Crippen LogP contribution >= 0.6 is 0 Å². The van der Waals surface area contributed by atoms with Crippen molar-refractivity contribution in [1.29, 1.82) is 0 Å². The molecule has 7 atom stereocenters. The van der Waals surface area contributed by atoms with Crippen LogP contribution in [-0.4, -0.2) is 132 Å². The molecular weight excluding hydrogens is 975 g/mol. The number of carbonyl (C=O) groups excluding carboxylic acids is 2. The maximum atomic E-state index is 17.3. The zero-order valence-electron chi connectivity index (χ0n) is 42.6. The van der Waals surface area contributed by atoms with Crippen LogP contribution in [0, 0.1) is 24.0 Å². The first-order valence-electron chi connectivity index (χ1n) is 27.0. The zero-order valence-corrected chi connectivity index (χ0v) is 42.6. The number of likely N-dealkylation sites (tertiary alicyclic amines) is 1. The van der Waals surface area contributed by atoms with Gasteiger partial charge in [-0.05, 0) is 119 Å². The third kappa shape index (κ3) is 9.00. The predicted molar refractivity (Wildman–Crippen MR) is 281 cm³/mol. The second-order valence-corrected chi connectivity index (χ2v) is 21.9. The fourth-order valence-electron chi connectivity index (χ4n) is 13.7. The average molecular weight is 1040 g/mol. The largest absolute Gasteiger partial charge is 0.465 e. The summed E-state index contributed by atoms with van der Waals surface area (Å²) >= 11 is 0. The lowest BCUT2D eigenvalue weighted by atomic mass is 9.92. The number of carbonyl (C=O) groups is 3. The number of piperazine rings is 1. The number of nitrogens with one attached hydrogen (secondary N) is 2. The Bertz CT molecular complexity index is 3400. The number of hydrogen-bond donors (Lipinski definition) is 3. The number of imidazole rings is 1. The van der Waals surface area contributed by atoms with Gasteiger partial charge in [0.2, 0.25) is 11.8 Å². The van der Waals surface area contributed by atoms with Crippen molar-refractivity contribution >= 4 is 56.4 Å². The molecule has 3 aromatic carbocycles. The molecule has 76 heavy (non-hydrogen) atoms. The Hall–Kier alpha value is -7.01. The molecule has 0 saturated carbocycles. The summed E-state index contributed by atoms with van der Waals surface area (Å²) in [7, 11) is 1.69. The molecule has 6 fully saturated rings. The number of benzene rings is 3. The van der Waals surface area contributed by atoms with E-state index in [1.54, 1.807) is 40.9 Å². The number of carboxylic acid groups (broad SMARTS) is 1. The summed E-state index contributed by atoms with van der Waals surface area (Å²) in [6.07, 6.45) is 16.9. The number of unbranched alkanes of at least 4 members (excludes halogenated alkanes) is 1. The van der Waals surface area contributed by atoms with Gasteiger partial charge in [-0.15, -0.1) is 6.42 Å². The minimum atomic E-state index is -0.921. The number of amides is 3. The maximum Gasteiger partial charge on any atom is 0.407 e. The number of terminal acetylenes is 1. The van der Waals surface area contributed by atoms with Gasteiger partial charge in [-0.2, -0.15) is 9.97 Å². The summed E-state index contributed by atoms with van der Waals surface area (Å²) in [4.78, 5) is 71.1. The van der Waals surface area contributed by atoms with Crippen LogP contribution in [0.15, 0.2) is 59.5 Å².